The third kappa shape index (κ3) is 4.28. The van der Waals surface area contributed by atoms with Gasteiger partial charge in [-0.3, -0.25) is 9.69 Å². The van der Waals surface area contributed by atoms with Gasteiger partial charge >= 0.3 is 0 Å². The van der Waals surface area contributed by atoms with Gasteiger partial charge in [0.25, 0.3) is 0 Å². The first kappa shape index (κ1) is 15.9. The van der Waals surface area contributed by atoms with Crippen molar-refractivity contribution >= 4 is 33.2 Å². The fourth-order valence-electron chi connectivity index (χ4n) is 2.45. The Labute approximate surface area is 133 Å². The predicted octanol–water partition coefficient (Wildman–Crippen LogP) is 2.28. The number of piperazine rings is 1. The van der Waals surface area contributed by atoms with Crippen molar-refractivity contribution in [2.45, 2.75) is 32.4 Å². The Balaban J connectivity index is 1.78. The summed E-state index contributed by atoms with van der Waals surface area (Å²) in [5.41, 5.74) is 5.91. The maximum absolute atomic E-state index is 12.1. The summed E-state index contributed by atoms with van der Waals surface area (Å²) in [4.78, 5) is 17.8. The number of hydrogen-bond acceptors (Lipinski definition) is 4. The van der Waals surface area contributed by atoms with Crippen molar-refractivity contribution in [3.8, 4) is 0 Å². The molecule has 4 nitrogen and oxygen atoms in total. The molecule has 0 bridgehead atoms. The van der Waals surface area contributed by atoms with E-state index in [1.807, 2.05) is 4.90 Å². The number of hydrogen-bond donors (Lipinski definition) is 1. The van der Waals surface area contributed by atoms with Crippen molar-refractivity contribution in [2.24, 2.45) is 5.73 Å². The van der Waals surface area contributed by atoms with Crippen molar-refractivity contribution in [3.63, 3.8) is 0 Å². The zero-order chi connectivity index (χ0) is 14.5. The molecule has 0 saturated carbocycles. The quantitative estimate of drug-likeness (QED) is 0.877. The fourth-order valence-corrected chi connectivity index (χ4v) is 3.98. The summed E-state index contributed by atoms with van der Waals surface area (Å²) in [5, 5.41) is 0. The smallest absolute Gasteiger partial charge is 0.239 e. The van der Waals surface area contributed by atoms with E-state index in [0.29, 0.717) is 0 Å². The first-order chi connectivity index (χ1) is 9.60. The second kappa shape index (κ2) is 7.54. The molecule has 1 aliphatic heterocycles. The maximum Gasteiger partial charge on any atom is 0.239 e. The van der Waals surface area contributed by atoms with Crippen molar-refractivity contribution in [2.75, 3.05) is 26.2 Å². The lowest BCUT2D eigenvalue weighted by atomic mass is 10.1. The zero-order valence-corrected chi connectivity index (χ0v) is 14.3. The summed E-state index contributed by atoms with van der Waals surface area (Å²) in [6.45, 7) is 6.48. The van der Waals surface area contributed by atoms with Crippen LogP contribution in [0.1, 0.15) is 24.6 Å². The van der Waals surface area contributed by atoms with Gasteiger partial charge in [-0.15, -0.1) is 11.3 Å². The molecular weight excluding hydrogens is 338 g/mol. The molecule has 0 aromatic carbocycles. The average molecular weight is 360 g/mol. The highest BCUT2D eigenvalue weighted by atomic mass is 79.9. The molecular formula is C14H22BrN3OS. The van der Waals surface area contributed by atoms with Gasteiger partial charge in [0, 0.05) is 37.6 Å². The third-order valence-corrected chi connectivity index (χ3v) is 5.22. The highest BCUT2D eigenvalue weighted by Crippen LogP contribution is 2.23. The predicted molar refractivity (Wildman–Crippen MR) is 86.8 cm³/mol. The lowest BCUT2D eigenvalue weighted by Crippen LogP contribution is -2.52. The normalized spacial score (nSPS) is 18.2. The molecule has 0 aliphatic carbocycles. The molecule has 112 valence electrons. The first-order valence-electron chi connectivity index (χ1n) is 7.11. The summed E-state index contributed by atoms with van der Waals surface area (Å²) in [6.07, 6.45) is 1.74. The standard InChI is InChI=1S/C14H22BrN3OS/c1-2-3-12(16)14(19)18-8-6-17(7-9-18)10-11-4-5-13(15)20-11/h4-5,12H,2-3,6-10,16H2,1H3. The Hall–Kier alpha value is -0.430. The van der Waals surface area contributed by atoms with E-state index in [9.17, 15) is 4.79 Å². The minimum Gasteiger partial charge on any atom is -0.339 e. The molecule has 1 fully saturated rings. The number of halogens is 1. The molecule has 6 heteroatoms. The van der Waals surface area contributed by atoms with Crippen LogP contribution >= 0.6 is 27.3 Å². The second-order valence-corrected chi connectivity index (χ2v) is 7.75. The fraction of sp³-hybridized carbons (Fsp3) is 0.643. The SMILES string of the molecule is CCCC(N)C(=O)N1CCN(Cc2ccc(Br)s2)CC1. The van der Waals surface area contributed by atoms with Crippen LogP contribution in [-0.2, 0) is 11.3 Å². The summed E-state index contributed by atoms with van der Waals surface area (Å²) >= 11 is 5.26. The van der Waals surface area contributed by atoms with Crippen molar-refractivity contribution in [1.82, 2.24) is 9.80 Å². The third-order valence-electron chi connectivity index (χ3n) is 3.61. The number of carbonyl (C=O) groups is 1. The van der Waals surface area contributed by atoms with Crippen LogP contribution < -0.4 is 5.73 Å². The molecule has 0 radical (unpaired) electrons. The Morgan fingerprint density at radius 1 is 1.40 bits per heavy atom. The van der Waals surface area contributed by atoms with Crippen LogP contribution in [0.5, 0.6) is 0 Å². The maximum atomic E-state index is 12.1. The van der Waals surface area contributed by atoms with Gasteiger partial charge in [-0.1, -0.05) is 13.3 Å². The van der Waals surface area contributed by atoms with E-state index in [0.717, 1.165) is 45.6 Å². The largest absolute Gasteiger partial charge is 0.339 e. The van der Waals surface area contributed by atoms with Crippen LogP contribution in [0.4, 0.5) is 0 Å². The van der Waals surface area contributed by atoms with Crippen molar-refractivity contribution in [1.29, 1.82) is 0 Å². The van der Waals surface area contributed by atoms with Crippen LogP contribution in [0, 0.1) is 0 Å². The van der Waals surface area contributed by atoms with E-state index in [2.05, 4.69) is 39.9 Å². The lowest BCUT2D eigenvalue weighted by Gasteiger charge is -2.35. The van der Waals surface area contributed by atoms with E-state index >= 15 is 0 Å². The van der Waals surface area contributed by atoms with Gasteiger partial charge in [0.1, 0.15) is 0 Å². The molecule has 1 aliphatic rings. The lowest BCUT2D eigenvalue weighted by molar-refractivity contribution is -0.134. The molecule has 0 spiro atoms. The Morgan fingerprint density at radius 2 is 2.10 bits per heavy atom. The van der Waals surface area contributed by atoms with Crippen molar-refractivity contribution < 1.29 is 4.79 Å². The Kier molecular flexibility index (Phi) is 6.01. The van der Waals surface area contributed by atoms with E-state index in [-0.39, 0.29) is 11.9 Å². The topological polar surface area (TPSA) is 49.6 Å². The molecule has 1 unspecified atom stereocenters. The van der Waals surface area contributed by atoms with E-state index in [1.54, 1.807) is 11.3 Å². The van der Waals surface area contributed by atoms with E-state index in [4.69, 9.17) is 5.73 Å². The average Bonchev–Trinajstić information content (AvgIpc) is 2.84. The summed E-state index contributed by atoms with van der Waals surface area (Å²) < 4.78 is 1.17. The van der Waals surface area contributed by atoms with Crippen LogP contribution in [0.2, 0.25) is 0 Å². The van der Waals surface area contributed by atoms with Gasteiger partial charge in [0.15, 0.2) is 0 Å². The molecule has 1 amide bonds. The second-order valence-electron chi connectivity index (χ2n) is 5.20. The molecule has 2 rings (SSSR count). The van der Waals surface area contributed by atoms with Crippen LogP contribution in [0.3, 0.4) is 0 Å². The van der Waals surface area contributed by atoms with Crippen LogP contribution in [0.25, 0.3) is 0 Å². The summed E-state index contributed by atoms with van der Waals surface area (Å²) in [6, 6.07) is 3.92. The van der Waals surface area contributed by atoms with Crippen LogP contribution in [0.15, 0.2) is 15.9 Å². The van der Waals surface area contributed by atoms with Gasteiger partial charge in [-0.25, -0.2) is 0 Å². The molecule has 1 aromatic rings. The van der Waals surface area contributed by atoms with Gasteiger partial charge in [0.2, 0.25) is 5.91 Å². The van der Waals surface area contributed by atoms with Gasteiger partial charge < -0.3 is 10.6 Å². The number of nitrogens with two attached hydrogens (primary N) is 1. The number of carbonyl (C=O) groups excluding carboxylic acids is 1. The number of thiophene rings is 1. The molecule has 20 heavy (non-hydrogen) atoms. The molecule has 2 heterocycles. The zero-order valence-electron chi connectivity index (χ0n) is 11.8. The number of nitrogens with zero attached hydrogens (tertiary/aromatic N) is 2. The van der Waals surface area contributed by atoms with Gasteiger partial charge in [0.05, 0.1) is 9.83 Å². The summed E-state index contributed by atoms with van der Waals surface area (Å²) in [7, 11) is 0. The highest BCUT2D eigenvalue weighted by molar-refractivity contribution is 9.11. The molecule has 1 aromatic heterocycles. The van der Waals surface area contributed by atoms with Crippen molar-refractivity contribution in [3.05, 3.63) is 20.8 Å². The number of rotatable bonds is 5. The van der Waals surface area contributed by atoms with Crippen LogP contribution in [-0.4, -0.2) is 47.9 Å². The Bertz CT molecular complexity index is 443. The minimum atomic E-state index is -0.320. The molecule has 2 N–H and O–H groups in total. The molecule has 1 saturated heterocycles. The monoisotopic (exact) mass is 359 g/mol. The van der Waals surface area contributed by atoms with Gasteiger partial charge in [-0.05, 0) is 34.5 Å². The highest BCUT2D eigenvalue weighted by Gasteiger charge is 2.24. The van der Waals surface area contributed by atoms with E-state index in [1.165, 1.54) is 8.66 Å². The Morgan fingerprint density at radius 3 is 2.65 bits per heavy atom. The van der Waals surface area contributed by atoms with E-state index < -0.39 is 0 Å². The van der Waals surface area contributed by atoms with Gasteiger partial charge in [-0.2, -0.15) is 0 Å². The number of amides is 1. The summed E-state index contributed by atoms with van der Waals surface area (Å²) in [5.74, 6) is 0.116. The molecule has 1 atom stereocenters. The first-order valence-corrected chi connectivity index (χ1v) is 8.72. The minimum absolute atomic E-state index is 0.116.